The van der Waals surface area contributed by atoms with Crippen LogP contribution in [0.2, 0.25) is 0 Å². The fraction of sp³-hybridized carbons (Fsp3) is 0.542. The van der Waals surface area contributed by atoms with E-state index in [1.54, 1.807) is 4.90 Å². The minimum atomic E-state index is -0.838. The van der Waals surface area contributed by atoms with Crippen molar-refractivity contribution in [1.82, 2.24) is 14.9 Å². The molecule has 0 unspecified atom stereocenters. The summed E-state index contributed by atoms with van der Waals surface area (Å²) in [6.45, 7) is 7.65. The molecule has 3 aliphatic heterocycles. The second kappa shape index (κ2) is 9.21. The number of amides is 1. The van der Waals surface area contributed by atoms with E-state index in [0.717, 1.165) is 74.2 Å². The van der Waals surface area contributed by atoms with E-state index >= 15 is 0 Å². The monoisotopic (exact) mass is 457 g/mol. The molecule has 0 radical (unpaired) electrons. The number of ether oxygens (including phenoxy) is 1. The van der Waals surface area contributed by atoms with Crippen LogP contribution < -0.4 is 9.80 Å². The quantitative estimate of drug-likeness (QED) is 0.706. The van der Waals surface area contributed by atoms with E-state index in [2.05, 4.69) is 16.7 Å². The van der Waals surface area contributed by atoms with Crippen molar-refractivity contribution in [2.75, 3.05) is 55.7 Å². The number of hydrogen-bond donors (Lipinski definition) is 0. The minimum absolute atomic E-state index is 0.112. The maximum absolute atomic E-state index is 14.3. The lowest BCUT2D eigenvalue weighted by Gasteiger charge is -2.37. The molecule has 5 rings (SSSR count). The first kappa shape index (κ1) is 22.0. The molecular weight excluding hydrogens is 428 g/mol. The predicted molar refractivity (Wildman–Crippen MR) is 120 cm³/mol. The average Bonchev–Trinajstić information content (AvgIpc) is 2.84. The fourth-order valence-corrected chi connectivity index (χ4v) is 4.78. The Bertz CT molecular complexity index is 1040. The molecule has 2 saturated heterocycles. The van der Waals surface area contributed by atoms with Gasteiger partial charge in [0.05, 0.1) is 31.0 Å². The van der Waals surface area contributed by atoms with Crippen LogP contribution in [0.1, 0.15) is 41.4 Å². The minimum Gasteiger partial charge on any atom is -0.378 e. The maximum Gasteiger partial charge on any atom is 0.257 e. The number of fused-ring (bicyclic) bond motifs is 1. The van der Waals surface area contributed by atoms with E-state index in [1.165, 1.54) is 6.07 Å². The number of hydrogen-bond acceptors (Lipinski definition) is 6. The Morgan fingerprint density at radius 1 is 1.03 bits per heavy atom. The summed E-state index contributed by atoms with van der Waals surface area (Å²) in [6.07, 6.45) is 2.76. The van der Waals surface area contributed by atoms with Gasteiger partial charge in [-0.1, -0.05) is 6.92 Å². The van der Waals surface area contributed by atoms with Gasteiger partial charge in [0.15, 0.2) is 0 Å². The molecule has 2 fully saturated rings. The molecule has 0 saturated carbocycles. The van der Waals surface area contributed by atoms with Gasteiger partial charge in [-0.3, -0.25) is 4.79 Å². The number of rotatable bonds is 3. The number of benzene rings is 1. The average molecular weight is 458 g/mol. The topological polar surface area (TPSA) is 61.8 Å². The maximum atomic E-state index is 14.3. The van der Waals surface area contributed by atoms with Gasteiger partial charge < -0.3 is 19.4 Å². The van der Waals surface area contributed by atoms with Crippen molar-refractivity contribution in [3.05, 3.63) is 46.7 Å². The fourth-order valence-electron chi connectivity index (χ4n) is 4.78. The largest absolute Gasteiger partial charge is 0.378 e. The van der Waals surface area contributed by atoms with E-state index in [0.29, 0.717) is 38.6 Å². The van der Waals surface area contributed by atoms with Gasteiger partial charge >= 0.3 is 0 Å². The van der Waals surface area contributed by atoms with Gasteiger partial charge in [-0.15, -0.1) is 0 Å². The third-order valence-electron chi connectivity index (χ3n) is 6.85. The summed E-state index contributed by atoms with van der Waals surface area (Å²) in [6, 6.07) is 3.09. The molecule has 4 heterocycles. The highest BCUT2D eigenvalue weighted by molar-refractivity contribution is 5.94. The molecule has 0 N–H and O–H groups in total. The van der Waals surface area contributed by atoms with Crippen molar-refractivity contribution < 1.29 is 18.3 Å². The molecule has 0 spiro atoms. The van der Waals surface area contributed by atoms with Crippen molar-refractivity contribution in [2.45, 2.75) is 32.7 Å². The van der Waals surface area contributed by atoms with Gasteiger partial charge in [-0.2, -0.15) is 4.98 Å². The van der Waals surface area contributed by atoms with Gasteiger partial charge in [0.25, 0.3) is 5.91 Å². The molecular formula is C24H29F2N5O2. The molecule has 0 atom stereocenters. The standard InChI is InChI=1S/C24H29F2N5O2/c1-16-4-7-29(8-5-16)22-19-15-31(23(32)18-3-2-17(25)14-20(18)26)9-6-21(19)27-24(28-22)30-10-12-33-13-11-30/h2-3,14,16H,4-13,15H2,1H3. The van der Waals surface area contributed by atoms with Crippen LogP contribution in [0.4, 0.5) is 20.5 Å². The van der Waals surface area contributed by atoms with Crippen LogP contribution >= 0.6 is 0 Å². The molecule has 176 valence electrons. The number of halogens is 2. The zero-order valence-corrected chi connectivity index (χ0v) is 18.9. The number of piperidine rings is 1. The van der Waals surface area contributed by atoms with Crippen molar-refractivity contribution in [3.8, 4) is 0 Å². The number of aromatic nitrogens is 2. The van der Waals surface area contributed by atoms with Gasteiger partial charge in [0, 0.05) is 50.8 Å². The van der Waals surface area contributed by atoms with Crippen LogP contribution in [-0.2, 0) is 17.7 Å². The molecule has 3 aliphatic rings. The Labute approximate surface area is 192 Å². The number of anilines is 2. The van der Waals surface area contributed by atoms with Gasteiger partial charge in [-0.25, -0.2) is 13.8 Å². The van der Waals surface area contributed by atoms with Crippen LogP contribution in [0.5, 0.6) is 0 Å². The summed E-state index contributed by atoms with van der Waals surface area (Å²) in [7, 11) is 0. The van der Waals surface area contributed by atoms with Crippen molar-refractivity contribution >= 4 is 17.7 Å². The first-order valence-corrected chi connectivity index (χ1v) is 11.7. The summed E-state index contributed by atoms with van der Waals surface area (Å²) in [5.41, 5.74) is 1.77. The van der Waals surface area contributed by atoms with E-state index < -0.39 is 17.5 Å². The Kier molecular flexibility index (Phi) is 6.14. The lowest BCUT2D eigenvalue weighted by molar-refractivity contribution is 0.0728. The first-order chi connectivity index (χ1) is 16.0. The van der Waals surface area contributed by atoms with Crippen molar-refractivity contribution in [1.29, 1.82) is 0 Å². The summed E-state index contributed by atoms with van der Waals surface area (Å²) in [4.78, 5) is 29.0. The smallest absolute Gasteiger partial charge is 0.257 e. The first-order valence-electron chi connectivity index (χ1n) is 11.7. The summed E-state index contributed by atoms with van der Waals surface area (Å²) >= 11 is 0. The zero-order valence-electron chi connectivity index (χ0n) is 18.9. The Morgan fingerprint density at radius 3 is 2.52 bits per heavy atom. The SMILES string of the molecule is CC1CCN(c2nc(N3CCOCC3)nc3c2CN(C(=O)c2ccc(F)cc2F)CC3)CC1. The lowest BCUT2D eigenvalue weighted by atomic mass is 9.98. The van der Waals surface area contributed by atoms with Crippen LogP contribution in [0.15, 0.2) is 18.2 Å². The van der Waals surface area contributed by atoms with Crippen molar-refractivity contribution in [3.63, 3.8) is 0 Å². The summed E-state index contributed by atoms with van der Waals surface area (Å²) in [5, 5.41) is 0. The third kappa shape index (κ3) is 4.51. The predicted octanol–water partition coefficient (Wildman–Crippen LogP) is 3.03. The zero-order chi connectivity index (χ0) is 22.9. The summed E-state index contributed by atoms with van der Waals surface area (Å²) in [5.74, 6) is 0.305. The second-order valence-electron chi connectivity index (χ2n) is 9.14. The highest BCUT2D eigenvalue weighted by Gasteiger charge is 2.31. The van der Waals surface area contributed by atoms with E-state index in [-0.39, 0.29) is 5.56 Å². The highest BCUT2D eigenvalue weighted by atomic mass is 19.1. The molecule has 33 heavy (non-hydrogen) atoms. The Balaban J connectivity index is 1.47. The number of nitrogens with zero attached hydrogens (tertiary/aromatic N) is 5. The van der Waals surface area contributed by atoms with Crippen molar-refractivity contribution in [2.24, 2.45) is 5.92 Å². The van der Waals surface area contributed by atoms with Gasteiger partial charge in [0.1, 0.15) is 17.5 Å². The Morgan fingerprint density at radius 2 is 1.79 bits per heavy atom. The van der Waals surface area contributed by atoms with E-state index in [4.69, 9.17) is 14.7 Å². The summed E-state index contributed by atoms with van der Waals surface area (Å²) < 4.78 is 33.1. The molecule has 2 aromatic rings. The molecule has 0 aliphatic carbocycles. The van der Waals surface area contributed by atoms with Crippen LogP contribution in [-0.4, -0.2) is 66.7 Å². The molecule has 9 heteroatoms. The lowest BCUT2D eigenvalue weighted by Crippen LogP contribution is -2.42. The molecule has 1 amide bonds. The molecule has 1 aromatic carbocycles. The van der Waals surface area contributed by atoms with E-state index in [1.807, 2.05) is 0 Å². The highest BCUT2D eigenvalue weighted by Crippen LogP contribution is 2.32. The van der Waals surface area contributed by atoms with Crippen LogP contribution in [0.3, 0.4) is 0 Å². The third-order valence-corrected chi connectivity index (χ3v) is 6.85. The normalized spacial score (nSPS) is 19.5. The van der Waals surface area contributed by atoms with Crippen LogP contribution in [0, 0.1) is 17.6 Å². The second-order valence-corrected chi connectivity index (χ2v) is 9.14. The molecule has 1 aromatic heterocycles. The van der Waals surface area contributed by atoms with E-state index in [9.17, 15) is 13.6 Å². The van der Waals surface area contributed by atoms with Crippen LogP contribution in [0.25, 0.3) is 0 Å². The molecule has 7 nitrogen and oxygen atoms in total. The van der Waals surface area contributed by atoms with Gasteiger partial charge in [0.2, 0.25) is 5.95 Å². The number of carbonyl (C=O) groups is 1. The molecule has 0 bridgehead atoms. The van der Waals surface area contributed by atoms with Gasteiger partial charge in [-0.05, 0) is 30.9 Å². The number of carbonyl (C=O) groups excluding carboxylic acids is 1. The number of morpholine rings is 1. The Hall–Kier alpha value is -2.81.